The van der Waals surface area contributed by atoms with E-state index in [1.54, 1.807) is 11.3 Å². The van der Waals surface area contributed by atoms with Crippen LogP contribution in [0, 0.1) is 11.3 Å². The third kappa shape index (κ3) is 3.20. The molecule has 0 bridgehead atoms. The lowest BCUT2D eigenvalue weighted by atomic mass is 10.0. The Hall–Kier alpha value is -1.99. The molecule has 0 fully saturated rings. The number of aromatic nitrogens is 1. The zero-order chi connectivity index (χ0) is 14.5. The average Bonchev–Trinajstić information content (AvgIpc) is 2.86. The highest BCUT2D eigenvalue weighted by atomic mass is 32.1. The Morgan fingerprint density at radius 2 is 2.00 bits per heavy atom. The van der Waals surface area contributed by atoms with Gasteiger partial charge in [0.25, 0.3) is 0 Å². The van der Waals surface area contributed by atoms with Gasteiger partial charge in [0.1, 0.15) is 10.9 Å². The highest BCUT2D eigenvalue weighted by Crippen LogP contribution is 2.29. The molecule has 0 saturated heterocycles. The maximum absolute atomic E-state index is 9.54. The van der Waals surface area contributed by atoms with E-state index in [2.05, 4.69) is 16.0 Å². The standard InChI is InChI=1S/C17H17N3S/c18-11-14(15-9-5-2-6-10-19-15)17-20-16(12-21-17)13-7-3-1-4-8-13/h1,3-4,7-8,12,14H,2,5-6,9-10H2/t14-/m0/s1. The van der Waals surface area contributed by atoms with Gasteiger partial charge in [-0.25, -0.2) is 4.98 Å². The van der Waals surface area contributed by atoms with Crippen LogP contribution >= 0.6 is 11.3 Å². The molecule has 106 valence electrons. The molecule has 1 aromatic heterocycles. The molecule has 4 heteroatoms. The van der Waals surface area contributed by atoms with E-state index in [0.717, 1.165) is 47.8 Å². The van der Waals surface area contributed by atoms with Gasteiger partial charge in [-0.15, -0.1) is 11.3 Å². The molecule has 1 aliphatic heterocycles. The van der Waals surface area contributed by atoms with Crippen molar-refractivity contribution in [3.05, 3.63) is 40.7 Å². The lowest BCUT2D eigenvalue weighted by molar-refractivity contribution is 0.730. The lowest BCUT2D eigenvalue weighted by Gasteiger charge is -2.08. The van der Waals surface area contributed by atoms with E-state index in [1.165, 1.54) is 6.42 Å². The molecule has 0 saturated carbocycles. The van der Waals surface area contributed by atoms with Crippen LogP contribution in [0.4, 0.5) is 0 Å². The molecule has 0 amide bonds. The van der Waals surface area contributed by atoms with Crippen LogP contribution < -0.4 is 0 Å². The van der Waals surface area contributed by atoms with E-state index < -0.39 is 0 Å². The maximum atomic E-state index is 9.54. The Kier molecular flexibility index (Phi) is 4.42. The first-order valence-electron chi connectivity index (χ1n) is 7.32. The zero-order valence-electron chi connectivity index (χ0n) is 11.8. The van der Waals surface area contributed by atoms with Gasteiger partial charge in [0.2, 0.25) is 0 Å². The Morgan fingerprint density at radius 3 is 2.81 bits per heavy atom. The van der Waals surface area contributed by atoms with Crippen molar-refractivity contribution in [1.82, 2.24) is 4.98 Å². The fraction of sp³-hybridized carbons (Fsp3) is 0.353. The number of hydrogen-bond donors (Lipinski definition) is 0. The maximum Gasteiger partial charge on any atom is 0.136 e. The van der Waals surface area contributed by atoms with E-state index >= 15 is 0 Å². The summed E-state index contributed by atoms with van der Waals surface area (Å²) < 4.78 is 0. The first-order chi connectivity index (χ1) is 10.4. The van der Waals surface area contributed by atoms with Crippen LogP contribution in [-0.2, 0) is 0 Å². The van der Waals surface area contributed by atoms with Gasteiger partial charge in [-0.3, -0.25) is 4.99 Å². The van der Waals surface area contributed by atoms with E-state index in [0.29, 0.717) is 0 Å². The van der Waals surface area contributed by atoms with Crippen molar-refractivity contribution in [3.63, 3.8) is 0 Å². The molecular formula is C17H17N3S. The Labute approximate surface area is 129 Å². The van der Waals surface area contributed by atoms with Gasteiger partial charge in [0.15, 0.2) is 0 Å². The molecular weight excluding hydrogens is 278 g/mol. The van der Waals surface area contributed by atoms with Crippen LogP contribution in [-0.4, -0.2) is 17.2 Å². The average molecular weight is 295 g/mol. The minimum Gasteiger partial charge on any atom is -0.292 e. The topological polar surface area (TPSA) is 49.0 Å². The van der Waals surface area contributed by atoms with Crippen molar-refractivity contribution < 1.29 is 0 Å². The number of thiazole rings is 1. The van der Waals surface area contributed by atoms with Gasteiger partial charge in [0.05, 0.1) is 11.8 Å². The van der Waals surface area contributed by atoms with Crippen molar-refractivity contribution in [2.45, 2.75) is 31.6 Å². The monoisotopic (exact) mass is 295 g/mol. The first kappa shape index (κ1) is 14.0. The normalized spacial score (nSPS) is 16.6. The number of aliphatic imine (C=N–C) groups is 1. The van der Waals surface area contributed by atoms with Gasteiger partial charge >= 0.3 is 0 Å². The summed E-state index contributed by atoms with van der Waals surface area (Å²) in [6.45, 7) is 0.852. The first-order valence-corrected chi connectivity index (χ1v) is 8.20. The molecule has 2 heterocycles. The fourth-order valence-electron chi connectivity index (χ4n) is 2.57. The summed E-state index contributed by atoms with van der Waals surface area (Å²) >= 11 is 1.56. The van der Waals surface area contributed by atoms with Crippen LogP contribution in [0.3, 0.4) is 0 Å². The van der Waals surface area contributed by atoms with E-state index in [-0.39, 0.29) is 5.92 Å². The van der Waals surface area contributed by atoms with E-state index in [1.807, 2.05) is 35.7 Å². The van der Waals surface area contributed by atoms with Gasteiger partial charge in [-0.1, -0.05) is 36.8 Å². The third-order valence-corrected chi connectivity index (χ3v) is 4.62. The van der Waals surface area contributed by atoms with Gasteiger partial charge < -0.3 is 0 Å². The predicted molar refractivity (Wildman–Crippen MR) is 86.7 cm³/mol. The molecule has 1 aromatic carbocycles. The van der Waals surface area contributed by atoms with E-state index in [4.69, 9.17) is 0 Å². The smallest absolute Gasteiger partial charge is 0.136 e. The second-order valence-corrected chi connectivity index (χ2v) is 6.07. The summed E-state index contributed by atoms with van der Waals surface area (Å²) in [6.07, 6.45) is 4.40. The number of nitrogens with zero attached hydrogens (tertiary/aromatic N) is 3. The summed E-state index contributed by atoms with van der Waals surface area (Å²) in [4.78, 5) is 9.29. The van der Waals surface area contributed by atoms with Crippen LogP contribution in [0.15, 0.2) is 40.7 Å². The van der Waals surface area contributed by atoms with Gasteiger partial charge in [-0.2, -0.15) is 5.26 Å². The predicted octanol–water partition coefficient (Wildman–Crippen LogP) is 4.43. The van der Waals surface area contributed by atoms with Crippen LogP contribution in [0.1, 0.15) is 36.6 Å². The quantitative estimate of drug-likeness (QED) is 0.841. The fourth-order valence-corrected chi connectivity index (χ4v) is 3.46. The van der Waals surface area contributed by atoms with Crippen molar-refractivity contribution in [3.8, 4) is 17.3 Å². The SMILES string of the molecule is N#C[C@@H](C1=NCCCCC1)c1nc(-c2ccccc2)cs1. The highest BCUT2D eigenvalue weighted by Gasteiger charge is 2.22. The molecule has 0 unspecified atom stereocenters. The molecule has 0 spiro atoms. The second kappa shape index (κ2) is 6.64. The summed E-state index contributed by atoms with van der Waals surface area (Å²) in [5.41, 5.74) is 3.06. The van der Waals surface area contributed by atoms with E-state index in [9.17, 15) is 5.26 Å². The molecule has 3 nitrogen and oxygen atoms in total. The highest BCUT2D eigenvalue weighted by molar-refractivity contribution is 7.10. The Bertz CT molecular complexity index is 667. The van der Waals surface area contributed by atoms with Crippen molar-refractivity contribution >= 4 is 17.0 Å². The van der Waals surface area contributed by atoms with Crippen LogP contribution in [0.25, 0.3) is 11.3 Å². The molecule has 0 N–H and O–H groups in total. The summed E-state index contributed by atoms with van der Waals surface area (Å²) in [7, 11) is 0. The number of rotatable bonds is 3. The molecule has 0 aliphatic carbocycles. The molecule has 1 aliphatic rings. The molecule has 3 rings (SSSR count). The lowest BCUT2D eigenvalue weighted by Crippen LogP contribution is -2.10. The second-order valence-electron chi connectivity index (χ2n) is 5.18. The Balaban J connectivity index is 1.87. The Morgan fingerprint density at radius 1 is 1.14 bits per heavy atom. The molecule has 1 atom stereocenters. The van der Waals surface area contributed by atoms with Crippen molar-refractivity contribution in [1.29, 1.82) is 5.26 Å². The number of hydrogen-bond acceptors (Lipinski definition) is 4. The summed E-state index contributed by atoms with van der Waals surface area (Å²) in [6, 6.07) is 12.5. The minimum atomic E-state index is -0.273. The zero-order valence-corrected chi connectivity index (χ0v) is 12.6. The van der Waals surface area contributed by atoms with Crippen LogP contribution in [0.2, 0.25) is 0 Å². The summed E-state index contributed by atoms with van der Waals surface area (Å²) in [5, 5.41) is 12.4. The molecule has 2 aromatic rings. The summed E-state index contributed by atoms with van der Waals surface area (Å²) in [5.74, 6) is -0.273. The van der Waals surface area contributed by atoms with Crippen molar-refractivity contribution in [2.75, 3.05) is 6.54 Å². The minimum absolute atomic E-state index is 0.273. The number of nitriles is 1. The number of benzene rings is 1. The molecule has 21 heavy (non-hydrogen) atoms. The van der Waals surface area contributed by atoms with Crippen molar-refractivity contribution in [2.24, 2.45) is 4.99 Å². The molecule has 0 radical (unpaired) electrons. The van der Waals surface area contributed by atoms with Gasteiger partial charge in [0, 0.05) is 23.2 Å². The van der Waals surface area contributed by atoms with Gasteiger partial charge in [-0.05, 0) is 19.3 Å². The third-order valence-electron chi connectivity index (χ3n) is 3.71. The largest absolute Gasteiger partial charge is 0.292 e. The van der Waals surface area contributed by atoms with Crippen LogP contribution in [0.5, 0.6) is 0 Å².